The average Bonchev–Trinajstić information content (AvgIpc) is 3.13. The predicted octanol–water partition coefficient (Wildman–Crippen LogP) is 2.38. The number of anilines is 1. The van der Waals surface area contributed by atoms with Gasteiger partial charge in [0, 0.05) is 12.1 Å². The van der Waals surface area contributed by atoms with Crippen LogP contribution in [0.2, 0.25) is 0 Å². The van der Waals surface area contributed by atoms with Crippen LogP contribution in [0.1, 0.15) is 12.8 Å². The van der Waals surface area contributed by atoms with Gasteiger partial charge in [-0.2, -0.15) is 5.10 Å². The normalized spacial score (nSPS) is 14.5. The first-order valence-corrected chi connectivity index (χ1v) is 6.49. The summed E-state index contributed by atoms with van der Waals surface area (Å²) in [6.07, 6.45) is 7.16. The van der Waals surface area contributed by atoms with Crippen molar-refractivity contribution in [1.29, 1.82) is 0 Å². The SMILES string of the molecule is O=C(Nc1ccc(-n2cc(Br)cn2)nc1)C1CC1. The molecule has 1 saturated carbocycles. The third kappa shape index (κ3) is 2.43. The number of rotatable bonds is 3. The molecule has 0 spiro atoms. The highest BCUT2D eigenvalue weighted by Gasteiger charge is 2.29. The molecule has 2 aromatic heterocycles. The minimum atomic E-state index is 0.0892. The maximum absolute atomic E-state index is 11.6. The molecule has 1 N–H and O–H groups in total. The Morgan fingerprint density at radius 2 is 2.22 bits per heavy atom. The van der Waals surface area contributed by atoms with Crippen molar-refractivity contribution in [3.63, 3.8) is 0 Å². The number of nitrogens with zero attached hydrogens (tertiary/aromatic N) is 3. The second-order valence-electron chi connectivity index (χ2n) is 4.27. The van der Waals surface area contributed by atoms with E-state index >= 15 is 0 Å². The number of aromatic nitrogens is 3. The second kappa shape index (κ2) is 4.53. The van der Waals surface area contributed by atoms with E-state index in [0.29, 0.717) is 5.82 Å². The number of pyridine rings is 1. The number of nitrogens with one attached hydrogen (secondary N) is 1. The largest absolute Gasteiger partial charge is 0.324 e. The van der Waals surface area contributed by atoms with Gasteiger partial charge in [-0.25, -0.2) is 9.67 Å². The first-order chi connectivity index (χ1) is 8.72. The maximum atomic E-state index is 11.6. The maximum Gasteiger partial charge on any atom is 0.227 e. The van der Waals surface area contributed by atoms with E-state index in [9.17, 15) is 4.79 Å². The van der Waals surface area contributed by atoms with Crippen LogP contribution in [0.25, 0.3) is 5.82 Å². The summed E-state index contributed by atoms with van der Waals surface area (Å²) >= 11 is 3.33. The third-order valence-electron chi connectivity index (χ3n) is 2.75. The molecule has 5 nitrogen and oxygen atoms in total. The number of carbonyl (C=O) groups excluding carboxylic acids is 1. The van der Waals surface area contributed by atoms with Crippen LogP contribution in [0.15, 0.2) is 35.2 Å². The first-order valence-electron chi connectivity index (χ1n) is 5.70. The van der Waals surface area contributed by atoms with Gasteiger partial charge in [-0.3, -0.25) is 4.79 Å². The molecular formula is C12H11BrN4O. The summed E-state index contributed by atoms with van der Waals surface area (Å²) in [5.41, 5.74) is 0.724. The van der Waals surface area contributed by atoms with Gasteiger partial charge >= 0.3 is 0 Å². The molecule has 2 heterocycles. The summed E-state index contributed by atoms with van der Waals surface area (Å²) in [4.78, 5) is 15.8. The third-order valence-corrected chi connectivity index (χ3v) is 3.16. The minimum Gasteiger partial charge on any atom is -0.324 e. The number of hydrogen-bond acceptors (Lipinski definition) is 3. The Morgan fingerprint density at radius 1 is 1.39 bits per heavy atom. The lowest BCUT2D eigenvalue weighted by molar-refractivity contribution is -0.117. The Morgan fingerprint density at radius 3 is 2.78 bits per heavy atom. The molecule has 1 aliphatic rings. The van der Waals surface area contributed by atoms with E-state index in [1.807, 2.05) is 18.3 Å². The van der Waals surface area contributed by atoms with E-state index in [0.717, 1.165) is 23.0 Å². The van der Waals surface area contributed by atoms with Crippen molar-refractivity contribution < 1.29 is 4.79 Å². The van der Waals surface area contributed by atoms with Crippen molar-refractivity contribution in [3.05, 3.63) is 35.2 Å². The Kier molecular flexibility index (Phi) is 2.87. The van der Waals surface area contributed by atoms with Gasteiger partial charge in [-0.15, -0.1) is 0 Å². The number of halogens is 1. The van der Waals surface area contributed by atoms with E-state index < -0.39 is 0 Å². The van der Waals surface area contributed by atoms with Crippen LogP contribution in [-0.2, 0) is 4.79 Å². The molecule has 18 heavy (non-hydrogen) atoms. The van der Waals surface area contributed by atoms with Crippen molar-refractivity contribution >= 4 is 27.5 Å². The summed E-state index contributed by atoms with van der Waals surface area (Å²) in [7, 11) is 0. The fourth-order valence-corrected chi connectivity index (χ4v) is 1.90. The zero-order chi connectivity index (χ0) is 12.5. The minimum absolute atomic E-state index is 0.0892. The highest BCUT2D eigenvalue weighted by Crippen LogP contribution is 2.30. The Bertz CT molecular complexity index is 574. The monoisotopic (exact) mass is 306 g/mol. The molecule has 0 bridgehead atoms. The van der Waals surface area contributed by atoms with Gasteiger partial charge in [0.1, 0.15) is 0 Å². The second-order valence-corrected chi connectivity index (χ2v) is 5.19. The standard InChI is InChI=1S/C12H11BrN4O/c13-9-5-15-17(7-9)11-4-3-10(6-14-11)16-12(18)8-1-2-8/h3-8H,1-2H2,(H,16,18). The van der Waals surface area contributed by atoms with Crippen LogP contribution in [0.5, 0.6) is 0 Å². The van der Waals surface area contributed by atoms with E-state index in [2.05, 4.69) is 31.3 Å². The molecule has 2 aromatic rings. The summed E-state index contributed by atoms with van der Waals surface area (Å²) in [5, 5.41) is 6.98. The molecule has 0 unspecified atom stereocenters. The molecule has 0 aliphatic heterocycles. The summed E-state index contributed by atoms with van der Waals surface area (Å²) in [5.74, 6) is 1.00. The van der Waals surface area contributed by atoms with Crippen molar-refractivity contribution in [2.24, 2.45) is 5.92 Å². The van der Waals surface area contributed by atoms with Crippen molar-refractivity contribution in [2.75, 3.05) is 5.32 Å². The summed E-state index contributed by atoms with van der Waals surface area (Å²) in [6, 6.07) is 3.65. The van der Waals surface area contributed by atoms with Gasteiger partial charge in [-0.1, -0.05) is 0 Å². The van der Waals surface area contributed by atoms with Crippen molar-refractivity contribution in [3.8, 4) is 5.82 Å². The highest BCUT2D eigenvalue weighted by atomic mass is 79.9. The van der Waals surface area contributed by atoms with Crippen LogP contribution < -0.4 is 5.32 Å². The zero-order valence-corrected chi connectivity index (χ0v) is 11.1. The van der Waals surface area contributed by atoms with Crippen molar-refractivity contribution in [1.82, 2.24) is 14.8 Å². The molecule has 0 radical (unpaired) electrons. The van der Waals surface area contributed by atoms with E-state index in [1.165, 1.54) is 0 Å². The molecule has 3 rings (SSSR count). The zero-order valence-electron chi connectivity index (χ0n) is 9.51. The molecule has 1 fully saturated rings. The molecule has 92 valence electrons. The lowest BCUT2D eigenvalue weighted by Gasteiger charge is -2.05. The van der Waals surface area contributed by atoms with Gasteiger partial charge in [0.15, 0.2) is 5.82 Å². The Labute approximate surface area is 112 Å². The molecule has 6 heteroatoms. The highest BCUT2D eigenvalue weighted by molar-refractivity contribution is 9.10. The molecule has 0 aromatic carbocycles. The van der Waals surface area contributed by atoms with E-state index in [-0.39, 0.29) is 11.8 Å². The van der Waals surface area contributed by atoms with Crippen LogP contribution in [0, 0.1) is 5.92 Å². The fourth-order valence-electron chi connectivity index (χ4n) is 1.61. The number of hydrogen-bond donors (Lipinski definition) is 1. The number of amides is 1. The summed E-state index contributed by atoms with van der Waals surface area (Å²) in [6.45, 7) is 0. The Balaban J connectivity index is 1.74. The molecule has 0 atom stereocenters. The van der Waals surface area contributed by atoms with E-state index in [1.54, 1.807) is 17.1 Å². The predicted molar refractivity (Wildman–Crippen MR) is 70.4 cm³/mol. The van der Waals surface area contributed by atoms with Gasteiger partial charge in [-0.05, 0) is 40.9 Å². The van der Waals surface area contributed by atoms with Crippen molar-refractivity contribution in [2.45, 2.75) is 12.8 Å². The fraction of sp³-hybridized carbons (Fsp3) is 0.250. The van der Waals surface area contributed by atoms with Gasteiger partial charge < -0.3 is 5.32 Å². The van der Waals surface area contributed by atoms with Gasteiger partial charge in [0.2, 0.25) is 5.91 Å². The first kappa shape index (κ1) is 11.4. The lowest BCUT2D eigenvalue weighted by Crippen LogP contribution is -2.13. The van der Waals surface area contributed by atoms with Crippen LogP contribution in [-0.4, -0.2) is 20.7 Å². The van der Waals surface area contributed by atoms with E-state index in [4.69, 9.17) is 0 Å². The van der Waals surface area contributed by atoms with Gasteiger partial charge in [0.05, 0.1) is 22.6 Å². The molecular weight excluding hydrogens is 296 g/mol. The van der Waals surface area contributed by atoms with Crippen LogP contribution >= 0.6 is 15.9 Å². The van der Waals surface area contributed by atoms with Crippen LogP contribution in [0.3, 0.4) is 0 Å². The number of carbonyl (C=O) groups is 1. The quantitative estimate of drug-likeness (QED) is 0.947. The van der Waals surface area contributed by atoms with Gasteiger partial charge in [0.25, 0.3) is 0 Å². The Hall–Kier alpha value is -1.69. The molecule has 1 aliphatic carbocycles. The average molecular weight is 307 g/mol. The smallest absolute Gasteiger partial charge is 0.227 e. The van der Waals surface area contributed by atoms with Crippen LogP contribution in [0.4, 0.5) is 5.69 Å². The summed E-state index contributed by atoms with van der Waals surface area (Å²) < 4.78 is 2.56. The molecule has 0 saturated heterocycles. The topological polar surface area (TPSA) is 59.8 Å². The lowest BCUT2D eigenvalue weighted by atomic mass is 10.3. The molecule has 1 amide bonds.